The van der Waals surface area contributed by atoms with Crippen molar-refractivity contribution in [2.24, 2.45) is 5.41 Å². The molecule has 0 aliphatic carbocycles. The number of hydrogen-bond acceptors (Lipinski definition) is 13. The molecule has 0 bridgehead atoms. The van der Waals surface area contributed by atoms with Crippen molar-refractivity contribution >= 4 is 67.5 Å². The lowest BCUT2D eigenvalue weighted by Crippen LogP contribution is -2.58. The normalized spacial score (nSPS) is 19.2. The number of piperazine rings is 1. The van der Waals surface area contributed by atoms with Crippen molar-refractivity contribution in [1.82, 2.24) is 39.7 Å². The number of aromatic nitrogens is 3. The number of H-pyrrole nitrogens is 1. The van der Waals surface area contributed by atoms with Crippen LogP contribution in [0.4, 0.5) is 24.5 Å². The Hall–Kier alpha value is -6.76. The Labute approximate surface area is 460 Å². The second kappa shape index (κ2) is 23.9. The number of likely N-dealkylation sites (tertiary alicyclic amines) is 1. The Morgan fingerprint density at radius 1 is 0.924 bits per heavy atom. The van der Waals surface area contributed by atoms with Crippen molar-refractivity contribution in [3.8, 4) is 21.6 Å². The number of aliphatic hydroxyl groups excluding tert-OH is 1. The number of carbonyl (C=O) groups is 4. The number of nitrogens with one attached hydrogen (secondary N) is 4. The third-order valence-corrected chi connectivity index (χ3v) is 17.2. The lowest BCUT2D eigenvalue weighted by molar-refractivity contribution is -0.144. The number of aliphatic hydroxyl groups is 1. The van der Waals surface area contributed by atoms with Crippen LogP contribution < -0.4 is 20.3 Å². The fraction of sp³-hybridized carbons (Fsp3) is 0.429. The van der Waals surface area contributed by atoms with Crippen molar-refractivity contribution < 1.29 is 50.6 Å². The number of ether oxygens (including phenoxy) is 1. The van der Waals surface area contributed by atoms with Gasteiger partial charge in [0.1, 0.15) is 36.3 Å². The molecule has 0 spiro atoms. The molecule has 6 aromatic rings. The van der Waals surface area contributed by atoms with Gasteiger partial charge in [-0.3, -0.25) is 28.8 Å². The topological polar surface area (TPSA) is 222 Å². The molecule has 3 aromatic carbocycles. The number of aryl methyl sites for hydroxylation is 1. The smallest absolute Gasteiger partial charge is 0.301 e. The van der Waals surface area contributed by atoms with Gasteiger partial charge in [-0.15, -0.1) is 11.3 Å². The minimum atomic E-state index is -4.38. The predicted molar refractivity (Wildman–Crippen MR) is 295 cm³/mol. The predicted octanol–water partition coefficient (Wildman–Crippen LogP) is 6.77. The van der Waals surface area contributed by atoms with E-state index in [1.165, 1.54) is 11.1 Å². The number of carbonyl (C=O) groups excluding carboxylic acids is 4. The number of ketones is 1. The molecule has 0 radical (unpaired) electrons. The number of halogens is 3. The van der Waals surface area contributed by atoms with Gasteiger partial charge in [-0.05, 0) is 79.1 Å². The maximum Gasteiger partial charge on any atom is 0.301 e. The highest BCUT2D eigenvalue weighted by molar-refractivity contribution is 7.90. The highest BCUT2D eigenvalue weighted by Gasteiger charge is 2.45. The van der Waals surface area contributed by atoms with Crippen LogP contribution in [0.5, 0.6) is 0 Å². The average Bonchev–Trinajstić information content (AvgIpc) is 4.28. The number of pyridine rings is 1. The number of alkyl halides is 1. The van der Waals surface area contributed by atoms with Crippen LogP contribution in [0.15, 0.2) is 84.6 Å². The number of β-amino-alcohol motifs (C(OH)–C–C–N with tert-alkyl or cyclic N) is 1. The second-order valence-corrected chi connectivity index (χ2v) is 24.0. The Bertz CT molecular complexity index is 3310. The summed E-state index contributed by atoms with van der Waals surface area (Å²) < 4.78 is 79.0. The molecule has 0 unspecified atom stereocenters. The zero-order valence-corrected chi connectivity index (χ0v) is 46.2. The van der Waals surface area contributed by atoms with Gasteiger partial charge in [-0.25, -0.2) is 23.1 Å². The van der Waals surface area contributed by atoms with Gasteiger partial charge in [0, 0.05) is 100.0 Å². The van der Waals surface area contributed by atoms with E-state index in [2.05, 4.69) is 35.4 Å². The summed E-state index contributed by atoms with van der Waals surface area (Å²) in [4.78, 5) is 73.6. The molecule has 3 amide bonds. The number of amides is 3. The van der Waals surface area contributed by atoms with Gasteiger partial charge >= 0.3 is 10.2 Å². The molecule has 0 saturated carbocycles. The Morgan fingerprint density at radius 2 is 1.65 bits per heavy atom. The van der Waals surface area contributed by atoms with Crippen molar-refractivity contribution in [3.05, 3.63) is 119 Å². The molecule has 420 valence electrons. The van der Waals surface area contributed by atoms with Crippen LogP contribution >= 0.6 is 11.3 Å². The van der Waals surface area contributed by atoms with Gasteiger partial charge in [-0.1, -0.05) is 57.2 Å². The summed E-state index contributed by atoms with van der Waals surface area (Å²) in [6.45, 7) is 12.7. The van der Waals surface area contributed by atoms with Crippen molar-refractivity contribution in [2.45, 2.75) is 84.3 Å². The quantitative estimate of drug-likeness (QED) is 0.0419. The monoisotopic (exact) mass is 1130 g/mol. The summed E-state index contributed by atoms with van der Waals surface area (Å²) in [6.07, 6.45) is 1.39. The number of benzene rings is 3. The van der Waals surface area contributed by atoms with E-state index in [1.807, 2.05) is 87.9 Å². The zero-order valence-electron chi connectivity index (χ0n) is 44.6. The number of hydrogen-bond donors (Lipinski definition) is 5. The van der Waals surface area contributed by atoms with E-state index in [4.69, 9.17) is 4.74 Å². The fourth-order valence-electron chi connectivity index (χ4n) is 10.3. The number of nitrogens with zero attached hydrogens (tertiary/aromatic N) is 6. The molecule has 5 atom stereocenters. The maximum absolute atomic E-state index is 15.8. The molecule has 23 heteroatoms. The summed E-state index contributed by atoms with van der Waals surface area (Å²) in [5.41, 5.74) is 5.00. The standard InChI is InChI=1S/C56H65F3N10O8S2/c1-33(35-7-9-37(10-8-35)51-34(2)62-32-78-51)63-54(73)46-26-41(70)30-69(46)55(74)52(56(3,4)5)64-47(71)31-77-24-6-18-66-20-22-67(23-21-66)40-13-11-36(12-14-40)38-25-42-43(28-61-53(42)60-27-38)50(72)48-44(58)15-16-45(49(48)59)65-79(75,76)68-19-17-39(57)29-68/h7-16,25,27-28,32-33,39,41,46,52,65,70H,6,17-24,26,29-31H2,1-5H3,(H,60,61)(H,63,73)(H,64,71)/t33-,39+,41+,46-,52+/m0/s1. The van der Waals surface area contributed by atoms with E-state index in [0.29, 0.717) is 29.6 Å². The highest BCUT2D eigenvalue weighted by atomic mass is 32.2. The van der Waals surface area contributed by atoms with Crippen LogP contribution in [0, 0.1) is 24.0 Å². The number of aromatic amines is 1. The molecular weight excluding hydrogens is 1060 g/mol. The molecule has 3 fully saturated rings. The van der Waals surface area contributed by atoms with Crippen LogP contribution in [0.1, 0.15) is 80.2 Å². The van der Waals surface area contributed by atoms with Crippen LogP contribution in [-0.2, 0) is 29.3 Å². The van der Waals surface area contributed by atoms with E-state index in [-0.39, 0.29) is 50.1 Å². The first kappa shape index (κ1) is 56.9. The summed E-state index contributed by atoms with van der Waals surface area (Å²) in [6, 6.07) is 16.8. The Morgan fingerprint density at radius 3 is 2.32 bits per heavy atom. The van der Waals surface area contributed by atoms with Crippen molar-refractivity contribution in [2.75, 3.05) is 75.2 Å². The minimum Gasteiger partial charge on any atom is -0.391 e. The van der Waals surface area contributed by atoms with E-state index in [1.54, 1.807) is 29.1 Å². The van der Waals surface area contributed by atoms with Gasteiger partial charge < -0.3 is 35.3 Å². The van der Waals surface area contributed by atoms with Gasteiger partial charge in [0.05, 0.1) is 39.5 Å². The lowest BCUT2D eigenvalue weighted by Gasteiger charge is -2.36. The largest absolute Gasteiger partial charge is 0.391 e. The second-order valence-electron chi connectivity index (χ2n) is 21.4. The zero-order chi connectivity index (χ0) is 56.3. The molecule has 18 nitrogen and oxygen atoms in total. The first-order chi connectivity index (χ1) is 37.6. The fourth-order valence-corrected chi connectivity index (χ4v) is 12.4. The van der Waals surface area contributed by atoms with E-state index >= 15 is 8.78 Å². The summed E-state index contributed by atoms with van der Waals surface area (Å²) >= 11 is 1.56. The maximum atomic E-state index is 15.8. The molecule has 3 saturated heterocycles. The molecule has 5 N–H and O–H groups in total. The summed E-state index contributed by atoms with van der Waals surface area (Å²) in [7, 11) is -4.38. The molecule has 3 aromatic heterocycles. The van der Waals surface area contributed by atoms with E-state index < -0.39 is 87.0 Å². The van der Waals surface area contributed by atoms with Gasteiger partial charge in [0.2, 0.25) is 23.5 Å². The van der Waals surface area contributed by atoms with E-state index in [0.717, 1.165) is 82.1 Å². The molecule has 9 rings (SSSR count). The SMILES string of the molecule is Cc1ncsc1-c1ccc([C@H](C)NC(=O)[C@@H]2C[C@@H](O)CN2C(=O)[C@@H](NC(=O)COCCCN2CCN(c3ccc(-c4cnc5[nH]cc(C(=O)c6c(F)ccc(NS(=O)(=O)N7CC[C@@H](F)C7)c6F)c5c4)cc3)CC2)C(C)(C)C)cc1. The van der Waals surface area contributed by atoms with Crippen LogP contribution in [-0.4, -0.2) is 156 Å². The van der Waals surface area contributed by atoms with Crippen LogP contribution in [0.2, 0.25) is 0 Å². The molecule has 3 aliphatic heterocycles. The third-order valence-electron chi connectivity index (χ3n) is 14.8. The molecular formula is C56H65F3N10O8S2. The Kier molecular flexibility index (Phi) is 17.2. The van der Waals surface area contributed by atoms with Crippen molar-refractivity contribution in [3.63, 3.8) is 0 Å². The van der Waals surface area contributed by atoms with Crippen LogP contribution in [0.25, 0.3) is 32.6 Å². The van der Waals surface area contributed by atoms with Gasteiger partial charge in [0.15, 0.2) is 5.82 Å². The highest BCUT2D eigenvalue weighted by Crippen LogP contribution is 2.33. The third kappa shape index (κ3) is 13.0. The summed E-state index contributed by atoms with van der Waals surface area (Å²) in [5, 5.41) is 16.9. The van der Waals surface area contributed by atoms with Gasteiger partial charge in [0.25, 0.3) is 0 Å². The summed E-state index contributed by atoms with van der Waals surface area (Å²) in [5.74, 6) is -4.92. The number of fused-ring (bicyclic) bond motifs is 1. The lowest BCUT2D eigenvalue weighted by atomic mass is 9.85. The number of anilines is 2. The first-order valence-electron chi connectivity index (χ1n) is 26.3. The van der Waals surface area contributed by atoms with Gasteiger partial charge in [-0.2, -0.15) is 12.7 Å². The Balaban J connectivity index is 0.723. The number of thiazole rings is 1. The average molecular weight is 1130 g/mol. The molecule has 3 aliphatic rings. The minimum absolute atomic E-state index is 0.00992. The van der Waals surface area contributed by atoms with Crippen molar-refractivity contribution in [1.29, 1.82) is 0 Å². The van der Waals surface area contributed by atoms with Crippen LogP contribution in [0.3, 0.4) is 0 Å². The van der Waals surface area contributed by atoms with E-state index in [9.17, 15) is 37.1 Å². The number of rotatable bonds is 19. The molecule has 79 heavy (non-hydrogen) atoms. The first-order valence-corrected chi connectivity index (χ1v) is 28.6. The molecule has 6 heterocycles.